The number of ether oxygens (including phenoxy) is 1. The Morgan fingerprint density at radius 2 is 1.80 bits per heavy atom. The molecule has 1 amide bonds. The van der Waals surface area contributed by atoms with E-state index in [2.05, 4.69) is 20.6 Å². The molecule has 0 atom stereocenters. The molecule has 0 saturated carbocycles. The summed E-state index contributed by atoms with van der Waals surface area (Å²) >= 11 is 6.10. The van der Waals surface area contributed by atoms with Gasteiger partial charge < -0.3 is 24.2 Å². The third-order valence-electron chi connectivity index (χ3n) is 6.71. The number of hydrogen-bond donors (Lipinski definition) is 2. The van der Waals surface area contributed by atoms with Crippen LogP contribution in [0.1, 0.15) is 17.3 Å². The van der Waals surface area contributed by atoms with E-state index in [-0.39, 0.29) is 11.7 Å². The van der Waals surface area contributed by atoms with Gasteiger partial charge in [-0.2, -0.15) is 0 Å². The highest BCUT2D eigenvalue weighted by Crippen LogP contribution is 2.42. The van der Waals surface area contributed by atoms with Crippen LogP contribution in [0.2, 0.25) is 5.02 Å². The number of halogens is 2. The molecule has 206 valence electrons. The highest BCUT2D eigenvalue weighted by molar-refractivity contribution is 6.31. The van der Waals surface area contributed by atoms with E-state index in [1.165, 1.54) is 18.3 Å². The summed E-state index contributed by atoms with van der Waals surface area (Å²) in [7, 11) is 3.13. The van der Waals surface area contributed by atoms with Gasteiger partial charge in [0, 0.05) is 48.1 Å². The molecule has 3 aromatic carbocycles. The first kappa shape index (κ1) is 26.3. The third kappa shape index (κ3) is 4.74. The Labute approximate surface area is 239 Å². The van der Waals surface area contributed by atoms with Crippen LogP contribution in [0.4, 0.5) is 10.1 Å². The van der Waals surface area contributed by atoms with E-state index >= 15 is 0 Å². The molecule has 10 heteroatoms. The summed E-state index contributed by atoms with van der Waals surface area (Å²) in [5.74, 6) is 0.541. The quantitative estimate of drug-likeness (QED) is 0.204. The average molecular weight is 571 g/mol. The third-order valence-corrected chi connectivity index (χ3v) is 6.92. The van der Waals surface area contributed by atoms with Gasteiger partial charge in [-0.25, -0.2) is 14.4 Å². The lowest BCUT2D eigenvalue weighted by Crippen LogP contribution is -2.18. The van der Waals surface area contributed by atoms with Crippen LogP contribution in [0.15, 0.2) is 75.7 Å². The van der Waals surface area contributed by atoms with Crippen LogP contribution in [0.3, 0.4) is 0 Å². The van der Waals surface area contributed by atoms with Crippen molar-refractivity contribution in [2.75, 3.05) is 26.0 Å². The van der Waals surface area contributed by atoms with Crippen molar-refractivity contribution in [3.63, 3.8) is 0 Å². The summed E-state index contributed by atoms with van der Waals surface area (Å²) in [5, 5.41) is 7.16. The number of aromatic nitrogens is 2. The Morgan fingerprint density at radius 1 is 1.02 bits per heavy atom. The molecule has 0 aliphatic rings. The molecule has 0 saturated heterocycles. The number of methoxy groups -OCH3 is 1. The maximum Gasteiger partial charge on any atom is 0.255 e. The first-order valence-electron chi connectivity index (χ1n) is 12.8. The molecular weight excluding hydrogens is 547 g/mol. The molecule has 0 bridgehead atoms. The molecular formula is C31H24ClFN4O4. The highest BCUT2D eigenvalue weighted by Gasteiger charge is 2.24. The number of amides is 1. The normalized spacial score (nSPS) is 11.2. The van der Waals surface area contributed by atoms with E-state index < -0.39 is 0 Å². The number of pyridine rings is 1. The predicted molar refractivity (Wildman–Crippen MR) is 157 cm³/mol. The molecule has 8 nitrogen and oxygen atoms in total. The Morgan fingerprint density at radius 3 is 2.54 bits per heavy atom. The van der Waals surface area contributed by atoms with Gasteiger partial charge in [-0.3, -0.25) is 4.79 Å². The molecule has 0 aliphatic heterocycles. The number of furan rings is 1. The molecule has 41 heavy (non-hydrogen) atoms. The van der Waals surface area contributed by atoms with Gasteiger partial charge >= 0.3 is 0 Å². The van der Waals surface area contributed by atoms with E-state index in [0.717, 1.165) is 16.8 Å². The number of fused-ring (bicyclic) bond motifs is 2. The fourth-order valence-corrected chi connectivity index (χ4v) is 4.98. The second kappa shape index (κ2) is 10.6. The minimum atomic E-state index is -0.379. The van der Waals surface area contributed by atoms with Crippen molar-refractivity contribution in [1.82, 2.24) is 15.3 Å². The molecule has 3 aromatic heterocycles. The molecule has 6 rings (SSSR count). The van der Waals surface area contributed by atoms with Crippen LogP contribution in [0, 0.1) is 5.82 Å². The van der Waals surface area contributed by atoms with Gasteiger partial charge in [0.1, 0.15) is 28.4 Å². The monoisotopic (exact) mass is 570 g/mol. The fraction of sp³-hybridized carbons (Fsp3) is 0.129. The van der Waals surface area contributed by atoms with Crippen LogP contribution in [0.5, 0.6) is 5.75 Å². The Bertz CT molecular complexity index is 1930. The van der Waals surface area contributed by atoms with Crippen molar-refractivity contribution in [2.24, 2.45) is 0 Å². The predicted octanol–water partition coefficient (Wildman–Crippen LogP) is 7.56. The van der Waals surface area contributed by atoms with Crippen molar-refractivity contribution >= 4 is 45.4 Å². The van der Waals surface area contributed by atoms with Crippen molar-refractivity contribution in [2.45, 2.75) is 6.92 Å². The van der Waals surface area contributed by atoms with E-state index in [4.69, 9.17) is 25.2 Å². The summed E-state index contributed by atoms with van der Waals surface area (Å²) < 4.78 is 31.4. The maximum absolute atomic E-state index is 13.7. The summed E-state index contributed by atoms with van der Waals surface area (Å²) in [5.41, 5.74) is 5.38. The molecule has 0 radical (unpaired) electrons. The lowest BCUT2D eigenvalue weighted by molar-refractivity contribution is 0.0964. The second-order valence-corrected chi connectivity index (χ2v) is 9.66. The second-order valence-electron chi connectivity index (χ2n) is 9.23. The smallest absolute Gasteiger partial charge is 0.255 e. The van der Waals surface area contributed by atoms with Crippen LogP contribution in [0.25, 0.3) is 56.1 Å². The Hall–Kier alpha value is -4.89. The minimum absolute atomic E-state index is 0.321. The molecule has 0 spiro atoms. The van der Waals surface area contributed by atoms with Crippen molar-refractivity contribution in [3.8, 4) is 39.7 Å². The summed E-state index contributed by atoms with van der Waals surface area (Å²) in [6.07, 6.45) is 1.50. The number of hydrogen-bond acceptors (Lipinski definition) is 7. The van der Waals surface area contributed by atoms with Crippen molar-refractivity contribution < 1.29 is 22.8 Å². The number of oxazole rings is 1. The molecule has 0 unspecified atom stereocenters. The van der Waals surface area contributed by atoms with Gasteiger partial charge in [-0.1, -0.05) is 17.7 Å². The topological polar surface area (TPSA) is 102 Å². The first-order valence-corrected chi connectivity index (χ1v) is 13.2. The van der Waals surface area contributed by atoms with Crippen molar-refractivity contribution in [3.05, 3.63) is 83.3 Å². The first-order chi connectivity index (χ1) is 19.9. The number of nitrogens with one attached hydrogen (secondary N) is 2. The summed E-state index contributed by atoms with van der Waals surface area (Å²) in [4.78, 5) is 21.9. The zero-order valence-corrected chi connectivity index (χ0v) is 23.1. The van der Waals surface area contributed by atoms with Gasteiger partial charge in [0.25, 0.3) is 5.91 Å². The van der Waals surface area contributed by atoms with Gasteiger partial charge in [0.2, 0.25) is 11.6 Å². The van der Waals surface area contributed by atoms with E-state index in [1.54, 1.807) is 32.4 Å². The Balaban J connectivity index is 1.57. The van der Waals surface area contributed by atoms with Crippen LogP contribution >= 0.6 is 11.6 Å². The van der Waals surface area contributed by atoms with Gasteiger partial charge in [0.15, 0.2) is 0 Å². The number of benzene rings is 3. The standard InChI is InChI=1S/C31H24ClFN4O4/c1-4-35-23-14-26-21(27(29(38)34-2)28(40-26)16-5-8-19(33)9-6-16)13-20(23)17-7-10-25(39-3)22(11-17)30-37-24-12-18(32)15-36-31(24)41-30/h5-15,35H,4H2,1-3H3,(H,34,38). The number of carbonyl (C=O) groups excluding carboxylic acids is 1. The van der Waals surface area contributed by atoms with Gasteiger partial charge in [-0.15, -0.1) is 0 Å². The minimum Gasteiger partial charge on any atom is -0.496 e. The zero-order chi connectivity index (χ0) is 28.7. The fourth-order valence-electron chi connectivity index (χ4n) is 4.83. The summed E-state index contributed by atoms with van der Waals surface area (Å²) in [6.45, 7) is 2.64. The molecule has 0 aliphatic carbocycles. The average Bonchev–Trinajstić information content (AvgIpc) is 3.57. The largest absolute Gasteiger partial charge is 0.496 e. The SMILES string of the molecule is CCNc1cc2oc(-c3ccc(F)cc3)c(C(=O)NC)c2cc1-c1ccc(OC)c(-c2nc3cc(Cl)cnc3o2)c1. The van der Waals surface area contributed by atoms with E-state index in [0.29, 0.717) is 67.9 Å². The van der Waals surface area contributed by atoms with Gasteiger partial charge in [0.05, 0.1) is 23.3 Å². The van der Waals surface area contributed by atoms with Crippen LogP contribution < -0.4 is 15.4 Å². The Kier molecular flexibility index (Phi) is 6.80. The van der Waals surface area contributed by atoms with Crippen LogP contribution in [-0.4, -0.2) is 36.6 Å². The lowest BCUT2D eigenvalue weighted by Gasteiger charge is -2.14. The van der Waals surface area contributed by atoms with Crippen molar-refractivity contribution in [1.29, 1.82) is 0 Å². The lowest BCUT2D eigenvalue weighted by atomic mass is 9.97. The van der Waals surface area contributed by atoms with E-state index in [9.17, 15) is 9.18 Å². The number of anilines is 1. The number of nitrogens with zero attached hydrogens (tertiary/aromatic N) is 2. The van der Waals surface area contributed by atoms with Gasteiger partial charge in [-0.05, 0) is 61.0 Å². The molecule has 3 heterocycles. The molecule has 6 aromatic rings. The molecule has 2 N–H and O–H groups in total. The summed E-state index contributed by atoms with van der Waals surface area (Å²) in [6, 6.07) is 17.0. The maximum atomic E-state index is 13.7. The van der Waals surface area contributed by atoms with E-state index in [1.807, 2.05) is 37.3 Å². The number of rotatable bonds is 7. The number of carbonyl (C=O) groups is 1. The molecule has 0 fully saturated rings. The highest BCUT2D eigenvalue weighted by atomic mass is 35.5. The zero-order valence-electron chi connectivity index (χ0n) is 22.3. The van der Waals surface area contributed by atoms with Crippen LogP contribution in [-0.2, 0) is 0 Å².